The van der Waals surface area contributed by atoms with Crippen molar-refractivity contribution in [1.82, 2.24) is 0 Å². The van der Waals surface area contributed by atoms with Gasteiger partial charge in [0.05, 0.1) is 18.2 Å². The van der Waals surface area contributed by atoms with Crippen LogP contribution in [0.1, 0.15) is 39.7 Å². The molecule has 0 radical (unpaired) electrons. The molecular weight excluding hydrogens is 443 g/mol. The number of hydrogen-bond donors (Lipinski definition) is 1. The topological polar surface area (TPSA) is 58.9 Å². The van der Waals surface area contributed by atoms with E-state index >= 15 is 0 Å². The van der Waals surface area contributed by atoms with Crippen molar-refractivity contribution in [3.63, 3.8) is 0 Å². The summed E-state index contributed by atoms with van der Waals surface area (Å²) in [5.41, 5.74) is -0.542. The highest BCUT2D eigenvalue weighted by Crippen LogP contribution is 2.24. The van der Waals surface area contributed by atoms with Crippen molar-refractivity contribution < 1.29 is 23.4 Å². The van der Waals surface area contributed by atoms with Crippen LogP contribution in [0.15, 0.2) is 22.7 Å². The second-order valence-corrected chi connectivity index (χ2v) is 6.89. The van der Waals surface area contributed by atoms with Crippen LogP contribution in [0, 0.1) is 21.1 Å². The zero-order valence-electron chi connectivity index (χ0n) is 14.6. The second-order valence-electron chi connectivity index (χ2n) is 5.73. The van der Waals surface area contributed by atoms with Gasteiger partial charge in [-0.25, -0.2) is 13.6 Å². The molecule has 0 aliphatic heterocycles. The van der Waals surface area contributed by atoms with Gasteiger partial charge < -0.3 is 9.84 Å². The molecule has 25 heavy (non-hydrogen) atoms. The smallest absolute Gasteiger partial charge is 0.343 e. The molecular formula is C18H22F2INO3. The van der Waals surface area contributed by atoms with Crippen molar-refractivity contribution in [2.45, 2.75) is 40.2 Å². The number of nitrogens with zero attached hydrogens (tertiary/aromatic N) is 1. The van der Waals surface area contributed by atoms with Gasteiger partial charge >= 0.3 is 5.97 Å². The minimum Gasteiger partial charge on any atom is -0.506 e. The van der Waals surface area contributed by atoms with Gasteiger partial charge in [-0.3, -0.25) is 4.99 Å². The summed E-state index contributed by atoms with van der Waals surface area (Å²) in [6, 6.07) is 1.74. The van der Waals surface area contributed by atoms with Crippen molar-refractivity contribution in [2.24, 2.45) is 10.9 Å². The van der Waals surface area contributed by atoms with Crippen molar-refractivity contribution in [1.29, 1.82) is 0 Å². The number of carbonyl (C=O) groups is 1. The van der Waals surface area contributed by atoms with Gasteiger partial charge in [0, 0.05) is 15.9 Å². The summed E-state index contributed by atoms with van der Waals surface area (Å²) >= 11 is 1.68. The average Bonchev–Trinajstić information content (AvgIpc) is 2.54. The number of rotatable bonds is 7. The van der Waals surface area contributed by atoms with Crippen molar-refractivity contribution >= 4 is 40.5 Å². The quantitative estimate of drug-likeness (QED) is 0.156. The third-order valence-electron chi connectivity index (χ3n) is 3.60. The lowest BCUT2D eigenvalue weighted by molar-refractivity contribution is -0.137. The summed E-state index contributed by atoms with van der Waals surface area (Å²) in [6.45, 7) is 7.64. The fourth-order valence-corrected chi connectivity index (χ4v) is 2.65. The van der Waals surface area contributed by atoms with Gasteiger partial charge in [0.15, 0.2) is 0 Å². The Morgan fingerprint density at radius 1 is 1.32 bits per heavy atom. The third-order valence-corrected chi connectivity index (χ3v) is 4.43. The zero-order valence-corrected chi connectivity index (χ0v) is 16.8. The first kappa shape index (κ1) is 21.5. The summed E-state index contributed by atoms with van der Waals surface area (Å²) in [7, 11) is 0. The summed E-state index contributed by atoms with van der Waals surface area (Å²) in [4.78, 5) is 16.5. The monoisotopic (exact) mass is 465 g/mol. The standard InChI is InChI=1S/C18H22F2INO3/c1-5-16(10(3)4)22-9-12(18(24)25-6-2)17(23)11-7-15(21)14(20)8-13(11)19/h7-10,16,23H,5-6H2,1-4H3/t16-/m1/s1. The first-order valence-electron chi connectivity index (χ1n) is 8.01. The van der Waals surface area contributed by atoms with Crippen LogP contribution in [0.5, 0.6) is 0 Å². The van der Waals surface area contributed by atoms with Crippen LogP contribution in [0.25, 0.3) is 5.76 Å². The molecule has 1 N–H and O–H groups in total. The van der Waals surface area contributed by atoms with E-state index in [0.29, 0.717) is 6.07 Å². The number of aliphatic hydroxyl groups is 1. The number of esters is 1. The molecule has 1 aromatic rings. The van der Waals surface area contributed by atoms with E-state index in [2.05, 4.69) is 4.99 Å². The molecule has 1 rings (SSSR count). The second kappa shape index (κ2) is 9.84. The number of aliphatic hydroxyl groups excluding tert-OH is 1. The van der Waals surface area contributed by atoms with Crippen molar-refractivity contribution in [3.8, 4) is 0 Å². The molecule has 0 heterocycles. The lowest BCUT2D eigenvalue weighted by atomic mass is 10.0. The minimum absolute atomic E-state index is 0.0598. The molecule has 138 valence electrons. The molecule has 0 bridgehead atoms. The maximum atomic E-state index is 14.0. The Hall–Kier alpha value is -1.51. The normalized spacial score (nSPS) is 13.9. The Morgan fingerprint density at radius 2 is 1.96 bits per heavy atom. The number of carbonyl (C=O) groups excluding carboxylic acids is 1. The fraction of sp³-hybridized carbons (Fsp3) is 0.444. The van der Waals surface area contributed by atoms with E-state index in [1.165, 1.54) is 6.21 Å². The number of benzene rings is 1. The minimum atomic E-state index is -0.971. The average molecular weight is 465 g/mol. The largest absolute Gasteiger partial charge is 0.506 e. The van der Waals surface area contributed by atoms with Crippen LogP contribution in [0.2, 0.25) is 0 Å². The van der Waals surface area contributed by atoms with Crippen LogP contribution in [-0.2, 0) is 9.53 Å². The Kier molecular flexibility index (Phi) is 8.47. The molecule has 0 spiro atoms. The predicted octanol–water partition coefficient (Wildman–Crippen LogP) is 4.91. The van der Waals surface area contributed by atoms with E-state index in [1.54, 1.807) is 29.5 Å². The lowest BCUT2D eigenvalue weighted by Crippen LogP contribution is -2.16. The molecule has 0 aliphatic rings. The van der Waals surface area contributed by atoms with Crippen molar-refractivity contribution in [3.05, 3.63) is 38.5 Å². The summed E-state index contributed by atoms with van der Waals surface area (Å²) in [5.74, 6) is -2.93. The molecule has 1 aromatic carbocycles. The molecule has 7 heteroatoms. The molecule has 0 aromatic heterocycles. The number of hydrogen-bond acceptors (Lipinski definition) is 4. The maximum Gasteiger partial charge on any atom is 0.343 e. The Bertz CT molecular complexity index is 687. The molecule has 0 saturated heterocycles. The van der Waals surface area contributed by atoms with Crippen LogP contribution in [0.3, 0.4) is 0 Å². The van der Waals surface area contributed by atoms with E-state index in [9.17, 15) is 18.7 Å². The zero-order chi connectivity index (χ0) is 19.1. The van der Waals surface area contributed by atoms with Gasteiger partial charge in [0.2, 0.25) is 0 Å². The first-order valence-corrected chi connectivity index (χ1v) is 9.09. The van der Waals surface area contributed by atoms with Gasteiger partial charge in [-0.15, -0.1) is 0 Å². The lowest BCUT2D eigenvalue weighted by Gasteiger charge is -2.14. The van der Waals surface area contributed by atoms with E-state index in [1.807, 2.05) is 20.8 Å². The van der Waals surface area contributed by atoms with Crippen LogP contribution >= 0.6 is 22.6 Å². The molecule has 0 fully saturated rings. The highest BCUT2D eigenvalue weighted by atomic mass is 127. The Labute approximate surface area is 160 Å². The molecule has 0 amide bonds. The van der Waals surface area contributed by atoms with Gasteiger partial charge in [-0.1, -0.05) is 20.8 Å². The highest BCUT2D eigenvalue weighted by molar-refractivity contribution is 14.1. The van der Waals surface area contributed by atoms with Crippen LogP contribution in [-0.4, -0.2) is 29.9 Å². The first-order chi connectivity index (χ1) is 11.7. The van der Waals surface area contributed by atoms with E-state index in [4.69, 9.17) is 4.74 Å². The molecule has 4 nitrogen and oxygen atoms in total. The van der Waals surface area contributed by atoms with Crippen molar-refractivity contribution in [2.75, 3.05) is 6.61 Å². The van der Waals surface area contributed by atoms with E-state index < -0.39 is 23.4 Å². The summed E-state index contributed by atoms with van der Waals surface area (Å²) in [5, 5.41) is 10.4. The summed E-state index contributed by atoms with van der Waals surface area (Å²) in [6.07, 6.45) is 1.95. The Balaban J connectivity index is 3.44. The molecule has 0 aliphatic carbocycles. The maximum absolute atomic E-state index is 14.0. The van der Waals surface area contributed by atoms with Gasteiger partial charge in [0.1, 0.15) is 23.0 Å². The van der Waals surface area contributed by atoms with E-state index in [-0.39, 0.29) is 33.3 Å². The summed E-state index contributed by atoms with van der Waals surface area (Å²) < 4.78 is 32.5. The Morgan fingerprint density at radius 3 is 2.48 bits per heavy atom. The third kappa shape index (κ3) is 5.76. The molecule has 0 unspecified atom stereocenters. The number of aliphatic imine (C=N–C) groups is 1. The van der Waals surface area contributed by atoms with Gasteiger partial charge in [-0.05, 0) is 47.9 Å². The van der Waals surface area contributed by atoms with Gasteiger partial charge in [-0.2, -0.15) is 0 Å². The number of halogens is 3. The SMILES string of the molecule is CCOC(=O)C(C=N[C@H](CC)C(C)C)=C(O)c1cc(I)c(F)cc1F. The number of ether oxygens (including phenoxy) is 1. The predicted molar refractivity (Wildman–Crippen MR) is 103 cm³/mol. The van der Waals surface area contributed by atoms with E-state index in [0.717, 1.165) is 12.5 Å². The van der Waals surface area contributed by atoms with Crippen LogP contribution < -0.4 is 0 Å². The fourth-order valence-electron chi connectivity index (χ4n) is 2.19. The molecule has 1 atom stereocenters. The van der Waals surface area contributed by atoms with Gasteiger partial charge in [0.25, 0.3) is 0 Å². The van der Waals surface area contributed by atoms with Crippen LogP contribution in [0.4, 0.5) is 8.78 Å². The molecule has 0 saturated carbocycles. The highest BCUT2D eigenvalue weighted by Gasteiger charge is 2.21.